The molecule has 0 heterocycles. The van der Waals surface area contributed by atoms with E-state index in [0.717, 1.165) is 31.6 Å². The average molecular weight is 294 g/mol. The summed E-state index contributed by atoms with van der Waals surface area (Å²) >= 11 is 0. The molecule has 0 aromatic heterocycles. The molecule has 0 amide bonds. The Kier molecular flexibility index (Phi) is 7.91. The number of rotatable bonds is 9. The summed E-state index contributed by atoms with van der Waals surface area (Å²) in [6.07, 6.45) is 1.05. The summed E-state index contributed by atoms with van der Waals surface area (Å²) in [5.41, 5.74) is 0.790. The SMILES string of the molecule is CCCNC(c1ccccc1F)C(C)CN(CC)C(C)C. The maximum Gasteiger partial charge on any atom is 0.127 e. The molecule has 2 nitrogen and oxygen atoms in total. The molecule has 0 radical (unpaired) electrons. The van der Waals surface area contributed by atoms with Crippen molar-refractivity contribution in [2.24, 2.45) is 5.92 Å². The second kappa shape index (κ2) is 9.16. The molecular formula is C18H31FN2. The number of nitrogens with zero attached hydrogens (tertiary/aromatic N) is 1. The quantitative estimate of drug-likeness (QED) is 0.733. The number of hydrogen-bond donors (Lipinski definition) is 1. The minimum Gasteiger partial charge on any atom is -0.310 e. The molecule has 1 aromatic rings. The molecule has 1 N–H and O–H groups in total. The lowest BCUT2D eigenvalue weighted by Gasteiger charge is -2.33. The average Bonchev–Trinajstić information content (AvgIpc) is 2.46. The monoisotopic (exact) mass is 294 g/mol. The Morgan fingerprint density at radius 1 is 1.14 bits per heavy atom. The summed E-state index contributed by atoms with van der Waals surface area (Å²) in [5.74, 6) is 0.251. The van der Waals surface area contributed by atoms with Crippen LogP contribution in [0.4, 0.5) is 4.39 Å². The van der Waals surface area contributed by atoms with E-state index in [9.17, 15) is 4.39 Å². The first-order valence-corrected chi connectivity index (χ1v) is 8.23. The third-order valence-electron chi connectivity index (χ3n) is 4.08. The van der Waals surface area contributed by atoms with Gasteiger partial charge < -0.3 is 10.2 Å². The fraction of sp³-hybridized carbons (Fsp3) is 0.667. The van der Waals surface area contributed by atoms with Crippen molar-refractivity contribution in [1.29, 1.82) is 0 Å². The topological polar surface area (TPSA) is 15.3 Å². The molecule has 0 spiro atoms. The lowest BCUT2D eigenvalue weighted by atomic mass is 9.93. The van der Waals surface area contributed by atoms with Gasteiger partial charge in [0, 0.05) is 24.2 Å². The van der Waals surface area contributed by atoms with E-state index in [1.54, 1.807) is 12.1 Å². The number of halogens is 1. The van der Waals surface area contributed by atoms with Crippen molar-refractivity contribution in [2.45, 2.75) is 53.1 Å². The van der Waals surface area contributed by atoms with Crippen LogP contribution < -0.4 is 5.32 Å². The van der Waals surface area contributed by atoms with Crippen LogP contribution in [0.25, 0.3) is 0 Å². The van der Waals surface area contributed by atoms with Crippen LogP contribution in [0, 0.1) is 11.7 Å². The van der Waals surface area contributed by atoms with Crippen LogP contribution in [0.15, 0.2) is 24.3 Å². The maximum atomic E-state index is 14.2. The van der Waals surface area contributed by atoms with Crippen LogP contribution in [-0.4, -0.2) is 30.6 Å². The van der Waals surface area contributed by atoms with Gasteiger partial charge in [-0.25, -0.2) is 4.39 Å². The minimum absolute atomic E-state index is 0.0685. The maximum absolute atomic E-state index is 14.2. The lowest BCUT2D eigenvalue weighted by Crippen LogP contribution is -2.39. The Labute approximate surface area is 129 Å². The standard InChI is InChI=1S/C18H31FN2/c1-6-12-20-18(16-10-8-9-11-17(16)19)15(5)13-21(7-2)14(3)4/h8-11,14-15,18,20H,6-7,12-13H2,1-5H3. The van der Waals surface area contributed by atoms with E-state index in [2.05, 4.69) is 44.8 Å². The van der Waals surface area contributed by atoms with Crippen molar-refractivity contribution >= 4 is 0 Å². The first-order chi connectivity index (χ1) is 10.0. The summed E-state index contributed by atoms with van der Waals surface area (Å²) in [6.45, 7) is 13.9. The molecule has 3 heteroatoms. The molecule has 0 aliphatic rings. The Morgan fingerprint density at radius 2 is 1.81 bits per heavy atom. The normalized spacial score (nSPS) is 14.7. The molecule has 1 rings (SSSR count). The van der Waals surface area contributed by atoms with Gasteiger partial charge in [-0.2, -0.15) is 0 Å². The number of benzene rings is 1. The van der Waals surface area contributed by atoms with Crippen molar-refractivity contribution in [1.82, 2.24) is 10.2 Å². The van der Waals surface area contributed by atoms with Crippen molar-refractivity contribution in [3.63, 3.8) is 0 Å². The fourth-order valence-corrected chi connectivity index (χ4v) is 2.83. The molecule has 2 atom stereocenters. The largest absolute Gasteiger partial charge is 0.310 e. The predicted octanol–water partition coefficient (Wildman–Crippen LogP) is 4.23. The third-order valence-corrected chi connectivity index (χ3v) is 4.08. The first-order valence-electron chi connectivity index (χ1n) is 8.23. The van der Waals surface area contributed by atoms with Gasteiger partial charge in [0.05, 0.1) is 0 Å². The molecule has 0 bridgehead atoms. The molecule has 0 aliphatic heterocycles. The summed E-state index contributed by atoms with van der Waals surface area (Å²) in [4.78, 5) is 2.44. The van der Waals surface area contributed by atoms with Crippen LogP contribution in [-0.2, 0) is 0 Å². The van der Waals surface area contributed by atoms with Crippen molar-refractivity contribution in [2.75, 3.05) is 19.6 Å². The summed E-state index contributed by atoms with van der Waals surface area (Å²) in [6, 6.07) is 7.73. The number of hydrogen-bond acceptors (Lipinski definition) is 2. The molecule has 0 saturated carbocycles. The Bertz CT molecular complexity index is 406. The van der Waals surface area contributed by atoms with Gasteiger partial charge >= 0.3 is 0 Å². The molecule has 1 aromatic carbocycles. The van der Waals surface area contributed by atoms with Crippen LogP contribution >= 0.6 is 0 Å². The van der Waals surface area contributed by atoms with Crippen LogP contribution in [0.2, 0.25) is 0 Å². The second-order valence-corrected chi connectivity index (χ2v) is 6.11. The summed E-state index contributed by atoms with van der Waals surface area (Å²) in [5, 5.41) is 3.53. The van der Waals surface area contributed by atoms with E-state index in [4.69, 9.17) is 0 Å². The van der Waals surface area contributed by atoms with E-state index in [1.165, 1.54) is 0 Å². The van der Waals surface area contributed by atoms with Gasteiger partial charge in [0.2, 0.25) is 0 Å². The number of nitrogens with one attached hydrogen (secondary N) is 1. The second-order valence-electron chi connectivity index (χ2n) is 6.11. The fourth-order valence-electron chi connectivity index (χ4n) is 2.83. The highest BCUT2D eigenvalue weighted by Crippen LogP contribution is 2.25. The van der Waals surface area contributed by atoms with E-state index in [1.807, 2.05) is 12.1 Å². The molecule has 2 unspecified atom stereocenters. The molecule has 0 saturated heterocycles. The Morgan fingerprint density at radius 3 is 2.33 bits per heavy atom. The van der Waals surface area contributed by atoms with E-state index >= 15 is 0 Å². The van der Waals surface area contributed by atoms with Gasteiger partial charge in [0.1, 0.15) is 5.82 Å². The van der Waals surface area contributed by atoms with Gasteiger partial charge in [-0.3, -0.25) is 0 Å². The Balaban J connectivity index is 2.89. The Hall–Kier alpha value is -0.930. The minimum atomic E-state index is -0.106. The third kappa shape index (κ3) is 5.40. The smallest absolute Gasteiger partial charge is 0.127 e. The molecule has 0 fully saturated rings. The lowest BCUT2D eigenvalue weighted by molar-refractivity contribution is 0.180. The highest BCUT2D eigenvalue weighted by Gasteiger charge is 2.23. The van der Waals surface area contributed by atoms with E-state index in [0.29, 0.717) is 12.0 Å². The van der Waals surface area contributed by atoms with E-state index in [-0.39, 0.29) is 11.9 Å². The summed E-state index contributed by atoms with van der Waals surface area (Å²) < 4.78 is 14.2. The molecule has 0 aliphatic carbocycles. The first kappa shape index (κ1) is 18.1. The predicted molar refractivity (Wildman–Crippen MR) is 89.0 cm³/mol. The van der Waals surface area contributed by atoms with Crippen LogP contribution in [0.1, 0.15) is 52.6 Å². The molecule has 21 heavy (non-hydrogen) atoms. The highest BCUT2D eigenvalue weighted by atomic mass is 19.1. The van der Waals surface area contributed by atoms with Crippen molar-refractivity contribution < 1.29 is 4.39 Å². The van der Waals surface area contributed by atoms with E-state index < -0.39 is 0 Å². The molecular weight excluding hydrogens is 263 g/mol. The van der Waals surface area contributed by atoms with Crippen LogP contribution in [0.5, 0.6) is 0 Å². The van der Waals surface area contributed by atoms with Gasteiger partial charge in [0.15, 0.2) is 0 Å². The van der Waals surface area contributed by atoms with Crippen LogP contribution in [0.3, 0.4) is 0 Å². The van der Waals surface area contributed by atoms with Gasteiger partial charge in [-0.15, -0.1) is 0 Å². The van der Waals surface area contributed by atoms with Gasteiger partial charge in [-0.05, 0) is 45.3 Å². The van der Waals surface area contributed by atoms with Crippen molar-refractivity contribution in [3.05, 3.63) is 35.6 Å². The van der Waals surface area contributed by atoms with Gasteiger partial charge in [-0.1, -0.05) is 39.0 Å². The zero-order valence-electron chi connectivity index (χ0n) is 14.2. The highest BCUT2D eigenvalue weighted by molar-refractivity contribution is 5.22. The summed E-state index contributed by atoms with van der Waals surface area (Å²) in [7, 11) is 0. The van der Waals surface area contributed by atoms with Crippen molar-refractivity contribution in [3.8, 4) is 0 Å². The molecule has 120 valence electrons. The van der Waals surface area contributed by atoms with Gasteiger partial charge in [0.25, 0.3) is 0 Å². The zero-order valence-corrected chi connectivity index (χ0v) is 14.2. The zero-order chi connectivity index (χ0) is 15.8.